The molecule has 1 N–H and O–H groups in total. The summed E-state index contributed by atoms with van der Waals surface area (Å²) in [6, 6.07) is 12.8. The predicted molar refractivity (Wildman–Crippen MR) is 111 cm³/mol. The third kappa shape index (κ3) is 5.17. The van der Waals surface area contributed by atoms with Gasteiger partial charge in [-0.25, -0.2) is 9.37 Å². The summed E-state index contributed by atoms with van der Waals surface area (Å²) in [6.07, 6.45) is 0. The summed E-state index contributed by atoms with van der Waals surface area (Å²) in [5, 5.41) is 3.48. The average Bonchev–Trinajstić information content (AvgIpc) is 3.09. The van der Waals surface area contributed by atoms with Gasteiger partial charge < -0.3 is 15.0 Å². The number of benzene rings is 2. The summed E-state index contributed by atoms with van der Waals surface area (Å²) >= 11 is 1.25. The highest BCUT2D eigenvalue weighted by atomic mass is 32.1. The zero-order valence-corrected chi connectivity index (χ0v) is 17.0. The minimum absolute atomic E-state index is 0.0507. The molecule has 8 heteroatoms. The largest absolute Gasteiger partial charge is 0.484 e. The third-order valence-electron chi connectivity index (χ3n) is 4.07. The van der Waals surface area contributed by atoms with Crippen LogP contribution < -0.4 is 10.1 Å². The lowest BCUT2D eigenvalue weighted by Gasteiger charge is -2.11. The van der Waals surface area contributed by atoms with Crippen molar-refractivity contribution in [3.8, 4) is 16.3 Å². The number of aryl methyl sites for hydroxylation is 1. The van der Waals surface area contributed by atoms with Gasteiger partial charge >= 0.3 is 0 Å². The number of aromatic nitrogens is 1. The number of thiazole rings is 1. The van der Waals surface area contributed by atoms with E-state index in [0.717, 1.165) is 5.56 Å². The number of halogens is 1. The van der Waals surface area contributed by atoms with Crippen LogP contribution in [-0.2, 0) is 4.79 Å². The van der Waals surface area contributed by atoms with E-state index in [1.807, 2.05) is 0 Å². The van der Waals surface area contributed by atoms with Crippen LogP contribution in [0.2, 0.25) is 0 Å². The molecule has 3 rings (SSSR count). The van der Waals surface area contributed by atoms with Gasteiger partial charge in [-0.2, -0.15) is 0 Å². The fraction of sp³-hybridized carbons (Fsp3) is 0.190. The molecular formula is C21H20FN3O3S. The smallest absolute Gasteiger partial charge is 0.267 e. The van der Waals surface area contributed by atoms with Gasteiger partial charge in [-0.3, -0.25) is 9.59 Å². The molecule has 0 aliphatic carbocycles. The van der Waals surface area contributed by atoms with Crippen LogP contribution in [0.4, 0.5) is 10.1 Å². The number of carbonyl (C=O) groups is 2. The van der Waals surface area contributed by atoms with Crippen molar-refractivity contribution in [1.29, 1.82) is 0 Å². The second kappa shape index (κ2) is 8.83. The Labute approximate surface area is 172 Å². The molecule has 1 aromatic heterocycles. The van der Waals surface area contributed by atoms with Gasteiger partial charge in [0.05, 0.1) is 5.69 Å². The number of amides is 2. The molecule has 0 atom stereocenters. The first kappa shape index (κ1) is 20.5. The number of nitrogens with zero attached hydrogens (tertiary/aromatic N) is 2. The lowest BCUT2D eigenvalue weighted by atomic mass is 10.2. The molecule has 0 aliphatic rings. The fourth-order valence-electron chi connectivity index (χ4n) is 2.42. The third-order valence-corrected chi connectivity index (χ3v) is 5.27. The summed E-state index contributed by atoms with van der Waals surface area (Å²) in [5.74, 6) is -0.200. The van der Waals surface area contributed by atoms with Gasteiger partial charge in [0, 0.05) is 25.3 Å². The predicted octanol–water partition coefficient (Wildman–Crippen LogP) is 3.98. The highest BCUT2D eigenvalue weighted by Gasteiger charge is 2.16. The molecule has 29 heavy (non-hydrogen) atoms. The molecule has 0 saturated heterocycles. The van der Waals surface area contributed by atoms with Crippen molar-refractivity contribution in [3.05, 3.63) is 64.9 Å². The summed E-state index contributed by atoms with van der Waals surface area (Å²) < 4.78 is 18.5. The number of carbonyl (C=O) groups excluding carboxylic acids is 2. The van der Waals surface area contributed by atoms with E-state index in [-0.39, 0.29) is 24.2 Å². The second-order valence-corrected chi connectivity index (χ2v) is 7.49. The SMILES string of the molecule is Cc1nc(-c2ccc(F)cc2)sc1C(=O)Nc1ccc(OCC(=O)N(C)C)cc1. The van der Waals surface area contributed by atoms with Crippen molar-refractivity contribution < 1.29 is 18.7 Å². The maximum Gasteiger partial charge on any atom is 0.267 e. The Morgan fingerprint density at radius 3 is 2.38 bits per heavy atom. The molecule has 0 aliphatic heterocycles. The van der Waals surface area contributed by atoms with Crippen LogP contribution >= 0.6 is 11.3 Å². The van der Waals surface area contributed by atoms with Gasteiger partial charge in [0.2, 0.25) is 0 Å². The lowest BCUT2D eigenvalue weighted by molar-refractivity contribution is -0.130. The van der Waals surface area contributed by atoms with E-state index < -0.39 is 0 Å². The number of hydrogen-bond donors (Lipinski definition) is 1. The van der Waals surface area contributed by atoms with Gasteiger partial charge in [-0.15, -0.1) is 11.3 Å². The first-order valence-electron chi connectivity index (χ1n) is 8.81. The van der Waals surface area contributed by atoms with Crippen molar-refractivity contribution in [2.45, 2.75) is 6.92 Å². The molecule has 0 bridgehead atoms. The Morgan fingerprint density at radius 2 is 1.76 bits per heavy atom. The summed E-state index contributed by atoms with van der Waals surface area (Å²) in [6.45, 7) is 1.71. The lowest BCUT2D eigenvalue weighted by Crippen LogP contribution is -2.27. The zero-order chi connectivity index (χ0) is 21.0. The molecule has 0 fully saturated rings. The topological polar surface area (TPSA) is 71.5 Å². The van der Waals surface area contributed by atoms with Crippen molar-refractivity contribution in [1.82, 2.24) is 9.88 Å². The Kier molecular flexibility index (Phi) is 6.23. The van der Waals surface area contributed by atoms with E-state index in [9.17, 15) is 14.0 Å². The molecule has 0 spiro atoms. The van der Waals surface area contributed by atoms with Crippen LogP contribution in [0, 0.1) is 12.7 Å². The van der Waals surface area contributed by atoms with Gasteiger partial charge in [-0.05, 0) is 55.5 Å². The van der Waals surface area contributed by atoms with E-state index in [2.05, 4.69) is 10.3 Å². The summed E-state index contributed by atoms with van der Waals surface area (Å²) in [7, 11) is 3.32. The van der Waals surface area contributed by atoms with Gasteiger partial charge in [0.25, 0.3) is 11.8 Å². The highest BCUT2D eigenvalue weighted by molar-refractivity contribution is 7.17. The Hall–Kier alpha value is -3.26. The zero-order valence-electron chi connectivity index (χ0n) is 16.2. The quantitative estimate of drug-likeness (QED) is 0.664. The molecule has 0 unspecified atom stereocenters. The molecule has 2 aromatic carbocycles. The van der Waals surface area contributed by atoms with Crippen molar-refractivity contribution in [2.75, 3.05) is 26.0 Å². The van der Waals surface area contributed by atoms with E-state index >= 15 is 0 Å². The summed E-state index contributed by atoms with van der Waals surface area (Å²) in [5.41, 5.74) is 1.96. The molecule has 1 heterocycles. The van der Waals surface area contributed by atoms with Gasteiger partial charge in [0.15, 0.2) is 6.61 Å². The van der Waals surface area contributed by atoms with Crippen LogP contribution in [0.15, 0.2) is 48.5 Å². The molecule has 3 aromatic rings. The maximum atomic E-state index is 13.1. The van der Waals surface area contributed by atoms with E-state index in [4.69, 9.17) is 4.74 Å². The van der Waals surface area contributed by atoms with Crippen LogP contribution in [-0.4, -0.2) is 42.4 Å². The minimum Gasteiger partial charge on any atom is -0.484 e. The average molecular weight is 413 g/mol. The fourth-order valence-corrected chi connectivity index (χ4v) is 3.39. The number of ether oxygens (including phenoxy) is 1. The molecule has 150 valence electrons. The van der Waals surface area contributed by atoms with Gasteiger partial charge in [-0.1, -0.05) is 0 Å². The monoisotopic (exact) mass is 413 g/mol. The van der Waals surface area contributed by atoms with E-state index in [1.54, 1.807) is 57.4 Å². The number of nitrogens with one attached hydrogen (secondary N) is 1. The van der Waals surface area contributed by atoms with E-state index in [0.29, 0.717) is 27.0 Å². The molecule has 2 amide bonds. The van der Waals surface area contributed by atoms with Crippen molar-refractivity contribution in [2.24, 2.45) is 0 Å². The minimum atomic E-state index is -0.321. The highest BCUT2D eigenvalue weighted by Crippen LogP contribution is 2.29. The van der Waals surface area contributed by atoms with Crippen LogP contribution in [0.25, 0.3) is 10.6 Å². The second-order valence-electron chi connectivity index (χ2n) is 6.50. The maximum absolute atomic E-state index is 13.1. The number of anilines is 1. The number of likely N-dealkylation sites (N-methyl/N-ethyl adjacent to an activating group) is 1. The molecular weight excluding hydrogens is 393 g/mol. The van der Waals surface area contributed by atoms with Crippen molar-refractivity contribution >= 4 is 28.8 Å². The molecule has 0 radical (unpaired) electrons. The summed E-state index contributed by atoms with van der Waals surface area (Å²) in [4.78, 5) is 30.5. The Bertz CT molecular complexity index is 1010. The van der Waals surface area contributed by atoms with Gasteiger partial charge in [0.1, 0.15) is 21.5 Å². The van der Waals surface area contributed by atoms with Crippen LogP contribution in [0.5, 0.6) is 5.75 Å². The van der Waals surface area contributed by atoms with Crippen LogP contribution in [0.3, 0.4) is 0 Å². The molecule has 6 nitrogen and oxygen atoms in total. The van der Waals surface area contributed by atoms with E-state index in [1.165, 1.54) is 28.4 Å². The van der Waals surface area contributed by atoms with Crippen molar-refractivity contribution in [3.63, 3.8) is 0 Å². The Balaban J connectivity index is 1.66. The number of hydrogen-bond acceptors (Lipinski definition) is 5. The standard InChI is InChI=1S/C21H20FN3O3S/c1-13-19(29-21(23-13)14-4-6-15(22)7-5-14)20(27)24-16-8-10-17(11-9-16)28-12-18(26)25(2)3/h4-11H,12H2,1-3H3,(H,24,27). The molecule has 0 saturated carbocycles. The normalized spacial score (nSPS) is 10.5. The Morgan fingerprint density at radius 1 is 1.10 bits per heavy atom. The first-order valence-corrected chi connectivity index (χ1v) is 9.63. The number of rotatable bonds is 6. The van der Waals surface area contributed by atoms with Crippen LogP contribution in [0.1, 0.15) is 15.4 Å². The first-order chi connectivity index (χ1) is 13.8.